The third kappa shape index (κ3) is 5.60. The van der Waals surface area contributed by atoms with Gasteiger partial charge in [0.15, 0.2) is 0 Å². The molecular formula is C6H13Cl3N+. The average molecular weight is 206 g/mol. The molecule has 0 aliphatic carbocycles. The summed E-state index contributed by atoms with van der Waals surface area (Å²) in [6.45, 7) is 2.88. The molecule has 0 aliphatic heterocycles. The summed E-state index contributed by atoms with van der Waals surface area (Å²) in [6.07, 6.45) is 0. The van der Waals surface area contributed by atoms with E-state index in [9.17, 15) is 0 Å². The number of hydrogen-bond acceptors (Lipinski definition) is 0. The Hall–Kier alpha value is 0.830. The van der Waals surface area contributed by atoms with Crippen molar-refractivity contribution in [2.24, 2.45) is 0 Å². The lowest BCUT2D eigenvalue weighted by atomic mass is 10.5. The lowest BCUT2D eigenvalue weighted by Gasteiger charge is -2.14. The van der Waals surface area contributed by atoms with Crippen molar-refractivity contribution in [1.29, 1.82) is 0 Å². The van der Waals surface area contributed by atoms with Gasteiger partial charge in [0, 0.05) is 0 Å². The molecule has 0 aromatic rings. The molecule has 10 heavy (non-hydrogen) atoms. The Balaban J connectivity index is 3.30. The molecule has 4 heteroatoms. The molecule has 0 aromatic heterocycles. The number of alkyl halides is 3. The minimum atomic E-state index is 0.684. The second kappa shape index (κ2) is 7.93. The SMILES string of the molecule is ClCC[NH+](CCCl)CCCl. The van der Waals surface area contributed by atoms with Crippen LogP contribution in [0, 0.1) is 0 Å². The molecule has 0 saturated heterocycles. The standard InChI is InChI=1S/C6H12Cl3N/c7-1-4-10(5-2-8)6-3-9/h1-6H2/p+1. The van der Waals surface area contributed by atoms with Gasteiger partial charge in [0.25, 0.3) is 0 Å². The fourth-order valence-electron chi connectivity index (χ4n) is 0.776. The number of halogens is 3. The van der Waals surface area contributed by atoms with Crippen LogP contribution in [0.1, 0.15) is 0 Å². The lowest BCUT2D eigenvalue weighted by molar-refractivity contribution is -0.892. The first-order valence-corrected chi connectivity index (χ1v) is 4.97. The van der Waals surface area contributed by atoms with Crippen molar-refractivity contribution in [3.63, 3.8) is 0 Å². The van der Waals surface area contributed by atoms with Crippen molar-refractivity contribution in [3.8, 4) is 0 Å². The van der Waals surface area contributed by atoms with Crippen molar-refractivity contribution in [2.75, 3.05) is 37.3 Å². The third-order valence-corrected chi connectivity index (χ3v) is 1.91. The van der Waals surface area contributed by atoms with E-state index in [4.69, 9.17) is 34.8 Å². The maximum absolute atomic E-state index is 5.56. The van der Waals surface area contributed by atoms with Gasteiger partial charge in [-0.15, -0.1) is 34.8 Å². The molecule has 0 heterocycles. The van der Waals surface area contributed by atoms with Crippen LogP contribution in [0.25, 0.3) is 0 Å². The van der Waals surface area contributed by atoms with E-state index in [1.54, 1.807) is 0 Å². The first kappa shape index (κ1) is 10.8. The van der Waals surface area contributed by atoms with Crippen molar-refractivity contribution in [1.82, 2.24) is 0 Å². The van der Waals surface area contributed by atoms with Crippen molar-refractivity contribution < 1.29 is 4.90 Å². The molecule has 0 unspecified atom stereocenters. The second-order valence-corrected chi connectivity index (χ2v) is 3.20. The van der Waals surface area contributed by atoms with Gasteiger partial charge in [-0.25, -0.2) is 0 Å². The largest absolute Gasteiger partial charge is 0.332 e. The van der Waals surface area contributed by atoms with Crippen LogP contribution in [0.3, 0.4) is 0 Å². The topological polar surface area (TPSA) is 4.44 Å². The highest BCUT2D eigenvalue weighted by Gasteiger charge is 2.04. The number of rotatable bonds is 6. The zero-order valence-corrected chi connectivity index (χ0v) is 8.14. The molecule has 0 amide bonds. The van der Waals surface area contributed by atoms with E-state index in [2.05, 4.69) is 0 Å². The maximum Gasteiger partial charge on any atom is 0.0909 e. The van der Waals surface area contributed by atoms with Crippen molar-refractivity contribution in [2.45, 2.75) is 0 Å². The number of nitrogens with one attached hydrogen (secondary N) is 1. The van der Waals surface area contributed by atoms with E-state index >= 15 is 0 Å². The Morgan fingerprint density at radius 2 is 1.00 bits per heavy atom. The Kier molecular flexibility index (Phi) is 8.59. The second-order valence-electron chi connectivity index (χ2n) is 2.07. The summed E-state index contributed by atoms with van der Waals surface area (Å²) >= 11 is 16.7. The van der Waals surface area contributed by atoms with E-state index in [-0.39, 0.29) is 0 Å². The minimum Gasteiger partial charge on any atom is -0.332 e. The molecule has 0 aliphatic rings. The van der Waals surface area contributed by atoms with E-state index in [0.717, 1.165) is 19.6 Å². The Labute approximate surface area is 77.2 Å². The number of quaternary nitrogens is 1. The Morgan fingerprint density at radius 1 is 0.700 bits per heavy atom. The zero-order chi connectivity index (χ0) is 7.82. The Morgan fingerprint density at radius 3 is 1.20 bits per heavy atom. The lowest BCUT2D eigenvalue weighted by Crippen LogP contribution is -3.13. The molecule has 0 fully saturated rings. The van der Waals surface area contributed by atoms with Crippen LogP contribution in [0.2, 0.25) is 0 Å². The van der Waals surface area contributed by atoms with E-state index in [1.165, 1.54) is 4.90 Å². The first-order valence-electron chi connectivity index (χ1n) is 3.36. The van der Waals surface area contributed by atoms with Crippen molar-refractivity contribution in [3.05, 3.63) is 0 Å². The molecule has 0 spiro atoms. The molecule has 62 valence electrons. The van der Waals surface area contributed by atoms with Gasteiger partial charge in [-0.2, -0.15) is 0 Å². The summed E-state index contributed by atoms with van der Waals surface area (Å²) in [6, 6.07) is 0. The smallest absolute Gasteiger partial charge is 0.0909 e. The normalized spacial score (nSPS) is 10.8. The molecule has 0 aromatic carbocycles. The zero-order valence-electron chi connectivity index (χ0n) is 5.88. The minimum absolute atomic E-state index is 0.684. The predicted octanol–water partition coefficient (Wildman–Crippen LogP) is 0.588. The third-order valence-electron chi connectivity index (χ3n) is 1.34. The molecule has 0 saturated carbocycles. The van der Waals surface area contributed by atoms with E-state index in [1.807, 2.05) is 0 Å². The molecule has 0 radical (unpaired) electrons. The highest BCUT2D eigenvalue weighted by atomic mass is 35.5. The van der Waals surface area contributed by atoms with Crippen LogP contribution in [0.5, 0.6) is 0 Å². The van der Waals surface area contributed by atoms with Gasteiger partial charge in [0.2, 0.25) is 0 Å². The molecule has 1 nitrogen and oxygen atoms in total. The van der Waals surface area contributed by atoms with Gasteiger partial charge < -0.3 is 4.90 Å². The van der Waals surface area contributed by atoms with Crippen LogP contribution in [0.15, 0.2) is 0 Å². The van der Waals surface area contributed by atoms with Crippen LogP contribution < -0.4 is 4.90 Å². The average Bonchev–Trinajstić information content (AvgIpc) is 1.90. The summed E-state index contributed by atoms with van der Waals surface area (Å²) < 4.78 is 0. The van der Waals surface area contributed by atoms with E-state index < -0.39 is 0 Å². The first-order chi connectivity index (χ1) is 4.85. The van der Waals surface area contributed by atoms with Crippen molar-refractivity contribution >= 4 is 34.8 Å². The quantitative estimate of drug-likeness (QED) is 0.606. The summed E-state index contributed by atoms with van der Waals surface area (Å²) in [5.74, 6) is 2.05. The van der Waals surface area contributed by atoms with Crippen LogP contribution in [0.4, 0.5) is 0 Å². The molecule has 1 N–H and O–H groups in total. The van der Waals surface area contributed by atoms with Gasteiger partial charge >= 0.3 is 0 Å². The molecule has 0 rings (SSSR count). The molecular weight excluding hydrogens is 192 g/mol. The molecule has 0 atom stereocenters. The van der Waals surface area contributed by atoms with Crippen LogP contribution in [-0.2, 0) is 0 Å². The summed E-state index contributed by atoms with van der Waals surface area (Å²) in [5, 5.41) is 0. The van der Waals surface area contributed by atoms with E-state index in [0.29, 0.717) is 17.6 Å². The van der Waals surface area contributed by atoms with Gasteiger partial charge in [-0.05, 0) is 0 Å². The highest BCUT2D eigenvalue weighted by molar-refractivity contribution is 6.18. The van der Waals surface area contributed by atoms with Gasteiger partial charge in [0.1, 0.15) is 0 Å². The summed E-state index contributed by atoms with van der Waals surface area (Å²) in [7, 11) is 0. The van der Waals surface area contributed by atoms with Crippen LogP contribution in [-0.4, -0.2) is 37.3 Å². The van der Waals surface area contributed by atoms with Gasteiger partial charge in [-0.3, -0.25) is 0 Å². The highest BCUT2D eigenvalue weighted by Crippen LogP contribution is 1.71. The molecule has 0 bridgehead atoms. The van der Waals surface area contributed by atoms with Gasteiger partial charge in [0.05, 0.1) is 37.3 Å². The predicted molar refractivity (Wildman–Crippen MR) is 47.7 cm³/mol. The number of hydrogen-bond donors (Lipinski definition) is 1. The summed E-state index contributed by atoms with van der Waals surface area (Å²) in [4.78, 5) is 1.39. The fourth-order valence-corrected chi connectivity index (χ4v) is 1.58. The van der Waals surface area contributed by atoms with Gasteiger partial charge in [-0.1, -0.05) is 0 Å². The Bertz CT molecular complexity index is 55.7. The fraction of sp³-hybridized carbons (Fsp3) is 1.00. The maximum atomic E-state index is 5.56. The van der Waals surface area contributed by atoms with Crippen LogP contribution >= 0.6 is 34.8 Å². The summed E-state index contributed by atoms with van der Waals surface area (Å²) in [5.41, 5.74) is 0. The monoisotopic (exact) mass is 204 g/mol.